The van der Waals surface area contributed by atoms with Crippen molar-refractivity contribution in [3.63, 3.8) is 0 Å². The standard InChI is InChI=1S/C20H19N3O2/c24-17-10-15(11-17)19(23-20(25)13-5-7-21-8-6-13)16-9-14-3-1-2-4-18(14)22-12-16/h1-9,12,15,17,19,24H,10-11H2,(H,23,25)/t15?,17?,19-/m1/s1. The van der Waals surface area contributed by atoms with Crippen molar-refractivity contribution >= 4 is 16.8 Å². The van der Waals surface area contributed by atoms with E-state index in [1.54, 1.807) is 24.5 Å². The molecular weight excluding hydrogens is 314 g/mol. The van der Waals surface area contributed by atoms with Gasteiger partial charge in [0.1, 0.15) is 0 Å². The zero-order valence-electron chi connectivity index (χ0n) is 13.7. The molecule has 0 aliphatic heterocycles. The summed E-state index contributed by atoms with van der Waals surface area (Å²) in [5, 5.41) is 13.9. The van der Waals surface area contributed by atoms with Crippen molar-refractivity contribution in [2.75, 3.05) is 0 Å². The van der Waals surface area contributed by atoms with Crippen LogP contribution >= 0.6 is 0 Å². The van der Waals surface area contributed by atoms with Gasteiger partial charge >= 0.3 is 0 Å². The summed E-state index contributed by atoms with van der Waals surface area (Å²) >= 11 is 0. The number of benzene rings is 1. The number of nitrogens with zero attached hydrogens (tertiary/aromatic N) is 2. The lowest BCUT2D eigenvalue weighted by Gasteiger charge is -2.38. The Morgan fingerprint density at radius 3 is 2.68 bits per heavy atom. The first-order chi connectivity index (χ1) is 12.2. The van der Waals surface area contributed by atoms with Gasteiger partial charge in [0, 0.05) is 29.5 Å². The number of aromatic nitrogens is 2. The number of hydrogen-bond acceptors (Lipinski definition) is 4. The van der Waals surface area contributed by atoms with Crippen LogP contribution < -0.4 is 5.32 Å². The van der Waals surface area contributed by atoms with Crippen LogP contribution in [0.5, 0.6) is 0 Å². The van der Waals surface area contributed by atoms with Gasteiger partial charge in [-0.25, -0.2) is 0 Å². The summed E-state index contributed by atoms with van der Waals surface area (Å²) in [6.45, 7) is 0. The van der Waals surface area contributed by atoms with Crippen molar-refractivity contribution in [2.24, 2.45) is 5.92 Å². The first-order valence-electron chi connectivity index (χ1n) is 8.44. The highest BCUT2D eigenvalue weighted by Crippen LogP contribution is 2.38. The molecule has 0 bridgehead atoms. The normalized spacial score (nSPS) is 20.7. The molecule has 2 heterocycles. The molecular formula is C20H19N3O2. The zero-order chi connectivity index (χ0) is 17.2. The fraction of sp³-hybridized carbons (Fsp3) is 0.250. The van der Waals surface area contributed by atoms with E-state index in [-0.39, 0.29) is 24.0 Å². The Bertz CT molecular complexity index is 892. The number of amides is 1. The van der Waals surface area contributed by atoms with E-state index in [1.807, 2.05) is 30.5 Å². The summed E-state index contributed by atoms with van der Waals surface area (Å²) in [5.41, 5.74) is 2.48. The number of aliphatic hydroxyl groups excluding tert-OH is 1. The van der Waals surface area contributed by atoms with Crippen molar-refractivity contribution in [3.8, 4) is 0 Å². The molecule has 1 atom stereocenters. The molecule has 0 spiro atoms. The maximum atomic E-state index is 12.6. The van der Waals surface area contributed by atoms with Gasteiger partial charge in [-0.05, 0) is 48.6 Å². The maximum Gasteiger partial charge on any atom is 0.251 e. The van der Waals surface area contributed by atoms with Gasteiger partial charge in [-0.1, -0.05) is 18.2 Å². The summed E-state index contributed by atoms with van der Waals surface area (Å²) in [5.74, 6) is 0.0747. The van der Waals surface area contributed by atoms with Crippen LogP contribution in [-0.2, 0) is 0 Å². The van der Waals surface area contributed by atoms with Crippen LogP contribution in [-0.4, -0.2) is 27.1 Å². The highest BCUT2D eigenvalue weighted by atomic mass is 16.3. The second-order valence-electron chi connectivity index (χ2n) is 6.53. The lowest BCUT2D eigenvalue weighted by atomic mass is 9.75. The Labute approximate surface area is 145 Å². The fourth-order valence-electron chi connectivity index (χ4n) is 3.36. The molecule has 25 heavy (non-hydrogen) atoms. The average Bonchev–Trinajstić information content (AvgIpc) is 2.64. The molecule has 2 N–H and O–H groups in total. The number of fused-ring (bicyclic) bond motifs is 1. The summed E-state index contributed by atoms with van der Waals surface area (Å²) in [6, 6.07) is 13.2. The minimum absolute atomic E-state index is 0.137. The van der Waals surface area contributed by atoms with Crippen molar-refractivity contribution in [2.45, 2.75) is 25.0 Å². The van der Waals surface area contributed by atoms with E-state index in [9.17, 15) is 9.90 Å². The lowest BCUT2D eigenvalue weighted by molar-refractivity contribution is 0.0235. The minimum atomic E-state index is -0.279. The van der Waals surface area contributed by atoms with Crippen LogP contribution in [0.1, 0.15) is 34.8 Å². The summed E-state index contributed by atoms with van der Waals surface area (Å²) in [4.78, 5) is 21.1. The second kappa shape index (κ2) is 6.61. The molecule has 5 heteroatoms. The zero-order valence-corrected chi connectivity index (χ0v) is 13.7. The average molecular weight is 333 g/mol. The first-order valence-corrected chi connectivity index (χ1v) is 8.44. The van der Waals surface area contributed by atoms with E-state index < -0.39 is 0 Å². The molecule has 5 nitrogen and oxygen atoms in total. The quantitative estimate of drug-likeness (QED) is 0.770. The van der Waals surface area contributed by atoms with Gasteiger partial charge < -0.3 is 10.4 Å². The van der Waals surface area contributed by atoms with Crippen molar-refractivity contribution in [1.82, 2.24) is 15.3 Å². The van der Waals surface area contributed by atoms with Gasteiger partial charge in [0.15, 0.2) is 0 Å². The smallest absolute Gasteiger partial charge is 0.251 e. The van der Waals surface area contributed by atoms with Gasteiger partial charge in [-0.15, -0.1) is 0 Å². The number of carbonyl (C=O) groups excluding carboxylic acids is 1. The Balaban J connectivity index is 1.64. The molecule has 1 fully saturated rings. The van der Waals surface area contributed by atoms with Crippen LogP contribution in [0.25, 0.3) is 10.9 Å². The molecule has 1 aliphatic carbocycles. The number of rotatable bonds is 4. The molecule has 1 aromatic carbocycles. The minimum Gasteiger partial charge on any atom is -0.393 e. The molecule has 0 unspecified atom stereocenters. The van der Waals surface area contributed by atoms with Crippen LogP contribution in [0.3, 0.4) is 0 Å². The third kappa shape index (κ3) is 3.23. The van der Waals surface area contributed by atoms with Gasteiger partial charge in [0.25, 0.3) is 5.91 Å². The van der Waals surface area contributed by atoms with Gasteiger partial charge in [0.2, 0.25) is 0 Å². The summed E-state index contributed by atoms with van der Waals surface area (Å²) < 4.78 is 0. The van der Waals surface area contributed by atoms with Crippen molar-refractivity contribution in [3.05, 3.63) is 72.2 Å². The maximum absolute atomic E-state index is 12.6. The number of para-hydroxylation sites is 1. The number of pyridine rings is 2. The predicted octanol–water partition coefficient (Wildman–Crippen LogP) is 2.87. The van der Waals surface area contributed by atoms with Gasteiger partial charge in [-0.2, -0.15) is 0 Å². The third-order valence-corrected chi connectivity index (χ3v) is 4.82. The molecule has 3 aromatic rings. The van der Waals surface area contributed by atoms with Gasteiger partial charge in [0.05, 0.1) is 17.7 Å². The van der Waals surface area contributed by atoms with Crippen molar-refractivity contribution < 1.29 is 9.90 Å². The largest absolute Gasteiger partial charge is 0.393 e. The molecule has 126 valence electrons. The SMILES string of the molecule is O=C(N[C@@H](c1cnc2ccccc2c1)C1CC(O)C1)c1ccncc1. The third-order valence-electron chi connectivity index (χ3n) is 4.82. The van der Waals surface area contributed by atoms with E-state index in [4.69, 9.17) is 0 Å². The number of hydrogen-bond donors (Lipinski definition) is 2. The summed E-state index contributed by atoms with van der Waals surface area (Å²) in [7, 11) is 0. The van der Waals surface area contributed by atoms with Crippen LogP contribution in [0.4, 0.5) is 0 Å². The Hall–Kier alpha value is -2.79. The fourth-order valence-corrected chi connectivity index (χ4v) is 3.36. The Morgan fingerprint density at radius 1 is 1.16 bits per heavy atom. The number of aliphatic hydroxyl groups is 1. The first kappa shape index (κ1) is 15.7. The monoisotopic (exact) mass is 333 g/mol. The molecule has 1 amide bonds. The molecule has 2 aromatic heterocycles. The lowest BCUT2D eigenvalue weighted by Crippen LogP contribution is -2.41. The van der Waals surface area contributed by atoms with Crippen LogP contribution in [0.15, 0.2) is 61.1 Å². The van der Waals surface area contributed by atoms with E-state index >= 15 is 0 Å². The van der Waals surface area contributed by atoms with E-state index in [1.165, 1.54) is 0 Å². The molecule has 1 saturated carbocycles. The highest BCUT2D eigenvalue weighted by Gasteiger charge is 2.36. The van der Waals surface area contributed by atoms with E-state index in [0.29, 0.717) is 18.4 Å². The van der Waals surface area contributed by atoms with Gasteiger partial charge in [-0.3, -0.25) is 14.8 Å². The molecule has 0 saturated heterocycles. The number of carbonyl (C=O) groups is 1. The second-order valence-corrected chi connectivity index (χ2v) is 6.53. The van der Waals surface area contributed by atoms with Crippen molar-refractivity contribution in [1.29, 1.82) is 0 Å². The Kier molecular flexibility index (Phi) is 4.15. The van der Waals surface area contributed by atoms with Crippen LogP contribution in [0.2, 0.25) is 0 Å². The van der Waals surface area contributed by atoms with E-state index in [0.717, 1.165) is 16.5 Å². The molecule has 4 rings (SSSR count). The topological polar surface area (TPSA) is 75.1 Å². The van der Waals surface area contributed by atoms with Crippen LogP contribution in [0, 0.1) is 5.92 Å². The highest BCUT2D eigenvalue weighted by molar-refractivity contribution is 5.94. The molecule has 0 radical (unpaired) electrons. The number of nitrogens with one attached hydrogen (secondary N) is 1. The van der Waals surface area contributed by atoms with E-state index in [2.05, 4.69) is 21.4 Å². The molecule has 1 aliphatic rings. The predicted molar refractivity (Wildman–Crippen MR) is 94.9 cm³/mol. The summed E-state index contributed by atoms with van der Waals surface area (Å²) in [6.07, 6.45) is 6.13. The Morgan fingerprint density at radius 2 is 1.92 bits per heavy atom.